The molecule has 0 fully saturated rings. The van der Waals surface area contributed by atoms with Gasteiger partial charge >= 0.3 is 0 Å². The first-order chi connectivity index (χ1) is 9.78. The van der Waals surface area contributed by atoms with E-state index in [0.29, 0.717) is 12.4 Å². The second-order valence-electron chi connectivity index (χ2n) is 4.45. The molecule has 0 unspecified atom stereocenters. The molecule has 0 aromatic carbocycles. The molecule has 0 bridgehead atoms. The number of hydrogen-bond donors (Lipinski definition) is 1. The van der Waals surface area contributed by atoms with E-state index in [1.807, 2.05) is 16.8 Å². The zero-order chi connectivity index (χ0) is 14.4. The largest absolute Gasteiger partial charge is 0.377 e. The van der Waals surface area contributed by atoms with Crippen LogP contribution in [0.4, 0.5) is 5.82 Å². The minimum absolute atomic E-state index is 0.394. The van der Waals surface area contributed by atoms with Gasteiger partial charge in [0, 0.05) is 38.5 Å². The van der Waals surface area contributed by atoms with Crippen LogP contribution in [0.2, 0.25) is 0 Å². The number of hydrogen-bond acceptors (Lipinski definition) is 5. The van der Waals surface area contributed by atoms with Crippen molar-refractivity contribution in [2.75, 3.05) is 19.0 Å². The molecule has 6 nitrogen and oxygen atoms in total. The van der Waals surface area contributed by atoms with Crippen LogP contribution >= 0.6 is 0 Å². The third-order valence-electron chi connectivity index (χ3n) is 2.87. The molecule has 6 heteroatoms. The van der Waals surface area contributed by atoms with E-state index < -0.39 is 0 Å². The van der Waals surface area contributed by atoms with E-state index >= 15 is 0 Å². The normalized spacial score (nSPS) is 10.8. The SMILES string of the molecule is CCCNc1cc(-n2ccnc2CC)nc(COC)n1. The number of methoxy groups -OCH3 is 1. The van der Waals surface area contributed by atoms with Gasteiger partial charge in [-0.1, -0.05) is 13.8 Å². The van der Waals surface area contributed by atoms with Gasteiger partial charge in [0.2, 0.25) is 0 Å². The summed E-state index contributed by atoms with van der Waals surface area (Å²) in [6, 6.07) is 1.94. The summed E-state index contributed by atoms with van der Waals surface area (Å²) in [7, 11) is 1.64. The van der Waals surface area contributed by atoms with Crippen molar-refractivity contribution in [1.82, 2.24) is 19.5 Å². The van der Waals surface area contributed by atoms with Gasteiger partial charge in [-0.3, -0.25) is 4.57 Å². The molecular formula is C14H21N5O. The maximum Gasteiger partial charge on any atom is 0.158 e. The van der Waals surface area contributed by atoms with E-state index in [2.05, 4.69) is 34.1 Å². The summed E-state index contributed by atoms with van der Waals surface area (Å²) < 4.78 is 7.12. The smallest absolute Gasteiger partial charge is 0.158 e. The Kier molecular flexibility index (Phi) is 5.06. The van der Waals surface area contributed by atoms with Crippen molar-refractivity contribution in [3.05, 3.63) is 30.1 Å². The van der Waals surface area contributed by atoms with E-state index in [9.17, 15) is 0 Å². The average molecular weight is 275 g/mol. The molecule has 0 saturated carbocycles. The lowest BCUT2D eigenvalue weighted by atomic mass is 10.4. The minimum atomic E-state index is 0.394. The molecule has 0 saturated heterocycles. The number of nitrogens with one attached hydrogen (secondary N) is 1. The number of anilines is 1. The van der Waals surface area contributed by atoms with E-state index in [1.165, 1.54) is 0 Å². The van der Waals surface area contributed by atoms with Crippen LogP contribution in [0.5, 0.6) is 0 Å². The summed E-state index contributed by atoms with van der Waals surface area (Å²) in [6.07, 6.45) is 5.61. The fourth-order valence-electron chi connectivity index (χ4n) is 1.95. The fraction of sp³-hybridized carbons (Fsp3) is 0.500. The Hall–Kier alpha value is -1.95. The highest BCUT2D eigenvalue weighted by atomic mass is 16.5. The zero-order valence-corrected chi connectivity index (χ0v) is 12.3. The fourth-order valence-corrected chi connectivity index (χ4v) is 1.95. The van der Waals surface area contributed by atoms with Crippen LogP contribution in [-0.2, 0) is 17.8 Å². The molecule has 0 aliphatic carbocycles. The Morgan fingerprint density at radius 3 is 2.85 bits per heavy atom. The van der Waals surface area contributed by atoms with E-state index in [0.717, 1.165) is 36.8 Å². The van der Waals surface area contributed by atoms with Crippen LogP contribution in [0.15, 0.2) is 18.5 Å². The maximum atomic E-state index is 5.14. The number of imidazole rings is 1. The Morgan fingerprint density at radius 1 is 1.30 bits per heavy atom. The predicted octanol–water partition coefficient (Wildman–Crippen LogP) is 2.19. The van der Waals surface area contributed by atoms with Gasteiger partial charge in [-0.2, -0.15) is 0 Å². The van der Waals surface area contributed by atoms with Crippen LogP contribution in [0.3, 0.4) is 0 Å². The zero-order valence-electron chi connectivity index (χ0n) is 12.3. The first-order valence-electron chi connectivity index (χ1n) is 6.91. The van der Waals surface area contributed by atoms with Gasteiger partial charge in [-0.15, -0.1) is 0 Å². The summed E-state index contributed by atoms with van der Waals surface area (Å²) in [5.74, 6) is 3.28. The third kappa shape index (κ3) is 3.33. The number of rotatable bonds is 7. The second kappa shape index (κ2) is 7.00. The Bertz CT molecular complexity index is 552. The van der Waals surface area contributed by atoms with Crippen molar-refractivity contribution >= 4 is 5.82 Å². The van der Waals surface area contributed by atoms with Crippen molar-refractivity contribution in [3.8, 4) is 5.82 Å². The highest BCUT2D eigenvalue weighted by molar-refractivity contribution is 5.42. The average Bonchev–Trinajstić information content (AvgIpc) is 2.93. The van der Waals surface area contributed by atoms with E-state index in [1.54, 1.807) is 13.3 Å². The Labute approximate surface area is 119 Å². The minimum Gasteiger partial charge on any atom is -0.377 e. The van der Waals surface area contributed by atoms with Gasteiger partial charge < -0.3 is 10.1 Å². The summed E-state index contributed by atoms with van der Waals surface area (Å²) in [6.45, 7) is 5.47. The van der Waals surface area contributed by atoms with Crippen molar-refractivity contribution in [2.45, 2.75) is 33.3 Å². The van der Waals surface area contributed by atoms with Crippen molar-refractivity contribution in [3.63, 3.8) is 0 Å². The first-order valence-corrected chi connectivity index (χ1v) is 6.91. The van der Waals surface area contributed by atoms with Crippen LogP contribution in [0.25, 0.3) is 5.82 Å². The monoisotopic (exact) mass is 275 g/mol. The molecule has 2 heterocycles. The molecule has 0 spiro atoms. The Balaban J connectivity index is 2.38. The number of aryl methyl sites for hydroxylation is 1. The predicted molar refractivity (Wildman–Crippen MR) is 78.0 cm³/mol. The molecule has 0 atom stereocenters. The van der Waals surface area contributed by atoms with Crippen molar-refractivity contribution < 1.29 is 4.74 Å². The molecular weight excluding hydrogens is 254 g/mol. The maximum absolute atomic E-state index is 5.14. The highest BCUT2D eigenvalue weighted by Crippen LogP contribution is 2.14. The van der Waals surface area contributed by atoms with Gasteiger partial charge in [-0.25, -0.2) is 15.0 Å². The summed E-state index contributed by atoms with van der Waals surface area (Å²) in [4.78, 5) is 13.3. The van der Waals surface area contributed by atoms with Crippen LogP contribution in [0, 0.1) is 0 Å². The van der Waals surface area contributed by atoms with Gasteiger partial charge in [0.1, 0.15) is 24.1 Å². The number of aromatic nitrogens is 4. The quantitative estimate of drug-likeness (QED) is 0.839. The van der Waals surface area contributed by atoms with Crippen LogP contribution in [-0.4, -0.2) is 33.2 Å². The standard InChI is InChI=1S/C14H21N5O/c1-4-6-15-11-9-14(18-12(17-11)10-20-3)19-8-7-16-13(19)5-2/h7-9H,4-6,10H2,1-3H3,(H,15,17,18). The molecule has 0 radical (unpaired) electrons. The molecule has 0 amide bonds. The summed E-state index contributed by atoms with van der Waals surface area (Å²) >= 11 is 0. The number of nitrogens with zero attached hydrogens (tertiary/aromatic N) is 4. The van der Waals surface area contributed by atoms with Gasteiger partial charge in [-0.05, 0) is 6.42 Å². The van der Waals surface area contributed by atoms with Crippen molar-refractivity contribution in [2.24, 2.45) is 0 Å². The van der Waals surface area contributed by atoms with E-state index in [-0.39, 0.29) is 0 Å². The lowest BCUT2D eigenvalue weighted by Crippen LogP contribution is -2.10. The lowest BCUT2D eigenvalue weighted by molar-refractivity contribution is 0.178. The summed E-state index contributed by atoms with van der Waals surface area (Å²) in [5.41, 5.74) is 0. The molecule has 0 aliphatic heterocycles. The molecule has 108 valence electrons. The molecule has 2 rings (SSSR count). The first kappa shape index (κ1) is 14.5. The van der Waals surface area contributed by atoms with Gasteiger partial charge in [0.05, 0.1) is 0 Å². The van der Waals surface area contributed by atoms with E-state index in [4.69, 9.17) is 4.74 Å². The Morgan fingerprint density at radius 2 is 2.15 bits per heavy atom. The lowest BCUT2D eigenvalue weighted by Gasteiger charge is -2.11. The number of ether oxygens (including phenoxy) is 1. The van der Waals surface area contributed by atoms with Gasteiger partial charge in [0.25, 0.3) is 0 Å². The molecule has 2 aromatic heterocycles. The van der Waals surface area contributed by atoms with Crippen LogP contribution < -0.4 is 5.32 Å². The second-order valence-corrected chi connectivity index (χ2v) is 4.45. The molecule has 1 N–H and O–H groups in total. The molecule has 0 aliphatic rings. The van der Waals surface area contributed by atoms with Crippen molar-refractivity contribution in [1.29, 1.82) is 0 Å². The third-order valence-corrected chi connectivity index (χ3v) is 2.87. The molecule has 20 heavy (non-hydrogen) atoms. The van der Waals surface area contributed by atoms with Gasteiger partial charge in [0.15, 0.2) is 5.82 Å². The summed E-state index contributed by atoms with van der Waals surface area (Å²) in [5, 5.41) is 3.29. The van der Waals surface area contributed by atoms with Crippen LogP contribution in [0.1, 0.15) is 31.9 Å². The highest BCUT2D eigenvalue weighted by Gasteiger charge is 2.09. The molecule has 2 aromatic rings. The topological polar surface area (TPSA) is 64.9 Å².